The van der Waals surface area contributed by atoms with Crippen molar-refractivity contribution in [2.24, 2.45) is 5.92 Å². The lowest BCUT2D eigenvalue weighted by Gasteiger charge is -2.20. The summed E-state index contributed by atoms with van der Waals surface area (Å²) in [6, 6.07) is 7.47. The third-order valence-electron chi connectivity index (χ3n) is 3.00. The van der Waals surface area contributed by atoms with E-state index < -0.39 is 0 Å². The summed E-state index contributed by atoms with van der Waals surface area (Å²) in [7, 11) is 1.81. The molecule has 0 radical (unpaired) electrons. The van der Waals surface area contributed by atoms with E-state index in [-0.39, 0.29) is 6.03 Å². The van der Waals surface area contributed by atoms with Crippen molar-refractivity contribution in [2.45, 2.75) is 6.42 Å². The maximum Gasteiger partial charge on any atom is 0.321 e. The Balaban J connectivity index is 1.84. The van der Waals surface area contributed by atoms with Crippen LogP contribution in [0.5, 0.6) is 0 Å². The highest BCUT2D eigenvalue weighted by molar-refractivity contribution is 9.10. The first-order valence-corrected chi connectivity index (χ1v) is 6.80. The molecule has 98 valence electrons. The van der Waals surface area contributed by atoms with Crippen molar-refractivity contribution in [3.63, 3.8) is 0 Å². The molecule has 2 amide bonds. The van der Waals surface area contributed by atoms with E-state index >= 15 is 0 Å². The smallest absolute Gasteiger partial charge is 0.321 e. The standard InChI is InChI=1S/C13H17BrN2O2/c1-16(8-10-6-7-18-9-10)13(17)15-12-4-2-11(14)3-5-12/h2-5,10H,6-9H2,1H3,(H,15,17). The number of anilines is 1. The molecule has 1 aromatic rings. The summed E-state index contributed by atoms with van der Waals surface area (Å²) in [5, 5.41) is 2.87. The van der Waals surface area contributed by atoms with E-state index in [1.807, 2.05) is 31.3 Å². The zero-order valence-electron chi connectivity index (χ0n) is 10.4. The van der Waals surface area contributed by atoms with Gasteiger partial charge in [-0.15, -0.1) is 0 Å². The molecular weight excluding hydrogens is 296 g/mol. The third kappa shape index (κ3) is 3.71. The second-order valence-electron chi connectivity index (χ2n) is 4.55. The summed E-state index contributed by atoms with van der Waals surface area (Å²) in [4.78, 5) is 13.7. The second-order valence-corrected chi connectivity index (χ2v) is 5.46. The predicted molar refractivity (Wildman–Crippen MR) is 74.7 cm³/mol. The van der Waals surface area contributed by atoms with Crippen molar-refractivity contribution in [3.05, 3.63) is 28.7 Å². The molecule has 2 rings (SSSR count). The van der Waals surface area contributed by atoms with Crippen molar-refractivity contribution in [1.29, 1.82) is 0 Å². The van der Waals surface area contributed by atoms with Gasteiger partial charge in [-0.3, -0.25) is 0 Å². The van der Waals surface area contributed by atoms with Crippen LogP contribution in [-0.4, -0.2) is 37.7 Å². The molecule has 18 heavy (non-hydrogen) atoms. The van der Waals surface area contributed by atoms with Gasteiger partial charge in [-0.25, -0.2) is 4.79 Å². The van der Waals surface area contributed by atoms with Gasteiger partial charge in [-0.2, -0.15) is 0 Å². The zero-order valence-corrected chi connectivity index (χ0v) is 11.9. The number of rotatable bonds is 3. The van der Waals surface area contributed by atoms with Crippen LogP contribution in [0.15, 0.2) is 28.7 Å². The Bertz CT molecular complexity index is 402. The van der Waals surface area contributed by atoms with Crippen molar-refractivity contribution < 1.29 is 9.53 Å². The van der Waals surface area contributed by atoms with Gasteiger partial charge in [0.05, 0.1) is 6.61 Å². The minimum absolute atomic E-state index is 0.0794. The van der Waals surface area contributed by atoms with E-state index in [2.05, 4.69) is 21.2 Å². The summed E-state index contributed by atoms with van der Waals surface area (Å²) < 4.78 is 6.30. The van der Waals surface area contributed by atoms with Crippen LogP contribution in [-0.2, 0) is 4.74 Å². The SMILES string of the molecule is CN(CC1CCOC1)C(=O)Nc1ccc(Br)cc1. The van der Waals surface area contributed by atoms with Crippen molar-refractivity contribution in [2.75, 3.05) is 32.1 Å². The highest BCUT2D eigenvalue weighted by Crippen LogP contribution is 2.16. The van der Waals surface area contributed by atoms with E-state index in [1.165, 1.54) is 0 Å². The van der Waals surface area contributed by atoms with Crippen LogP contribution >= 0.6 is 15.9 Å². The number of halogens is 1. The molecule has 0 aromatic heterocycles. The van der Waals surface area contributed by atoms with Gasteiger partial charge in [0.1, 0.15) is 0 Å². The molecular formula is C13H17BrN2O2. The molecule has 1 heterocycles. The minimum Gasteiger partial charge on any atom is -0.381 e. The fourth-order valence-corrected chi connectivity index (χ4v) is 2.21. The van der Waals surface area contributed by atoms with Crippen molar-refractivity contribution in [1.82, 2.24) is 4.90 Å². The van der Waals surface area contributed by atoms with E-state index in [1.54, 1.807) is 4.90 Å². The predicted octanol–water partition coefficient (Wildman–Crippen LogP) is 2.95. The van der Waals surface area contributed by atoms with Gasteiger partial charge in [-0.05, 0) is 30.7 Å². The monoisotopic (exact) mass is 312 g/mol. The van der Waals surface area contributed by atoms with E-state index in [9.17, 15) is 4.79 Å². The molecule has 1 aromatic carbocycles. The first kappa shape index (κ1) is 13.4. The molecule has 1 aliphatic rings. The largest absolute Gasteiger partial charge is 0.381 e. The number of ether oxygens (including phenoxy) is 1. The molecule has 1 N–H and O–H groups in total. The van der Waals surface area contributed by atoms with Crippen LogP contribution in [0.2, 0.25) is 0 Å². The molecule has 0 spiro atoms. The Hall–Kier alpha value is -1.07. The van der Waals surface area contributed by atoms with Crippen LogP contribution < -0.4 is 5.32 Å². The normalized spacial score (nSPS) is 18.7. The van der Waals surface area contributed by atoms with Crippen molar-refractivity contribution in [3.8, 4) is 0 Å². The van der Waals surface area contributed by atoms with E-state index in [4.69, 9.17) is 4.74 Å². The van der Waals surface area contributed by atoms with Crippen LogP contribution in [0, 0.1) is 5.92 Å². The summed E-state index contributed by atoms with van der Waals surface area (Å²) in [6.07, 6.45) is 1.04. The number of carbonyl (C=O) groups is 1. The minimum atomic E-state index is -0.0794. The number of urea groups is 1. The molecule has 0 saturated carbocycles. The summed E-state index contributed by atoms with van der Waals surface area (Å²) in [6.45, 7) is 2.31. The molecule has 1 unspecified atom stereocenters. The summed E-state index contributed by atoms with van der Waals surface area (Å²) in [5.41, 5.74) is 0.803. The van der Waals surface area contributed by atoms with Gasteiger partial charge < -0.3 is 15.0 Å². The fourth-order valence-electron chi connectivity index (χ4n) is 1.95. The number of hydrogen-bond donors (Lipinski definition) is 1. The van der Waals surface area contributed by atoms with Gasteiger partial charge in [0.25, 0.3) is 0 Å². The average Bonchev–Trinajstić information content (AvgIpc) is 2.85. The number of nitrogens with one attached hydrogen (secondary N) is 1. The number of amides is 2. The lowest BCUT2D eigenvalue weighted by Crippen LogP contribution is -2.35. The van der Waals surface area contributed by atoms with E-state index in [0.29, 0.717) is 5.92 Å². The lowest BCUT2D eigenvalue weighted by molar-refractivity contribution is 0.175. The van der Waals surface area contributed by atoms with E-state index in [0.717, 1.165) is 36.3 Å². The second kappa shape index (κ2) is 6.20. The summed E-state index contributed by atoms with van der Waals surface area (Å²) >= 11 is 3.36. The first-order chi connectivity index (χ1) is 8.65. The van der Waals surface area contributed by atoms with Gasteiger partial charge in [0.15, 0.2) is 0 Å². The van der Waals surface area contributed by atoms with Gasteiger partial charge in [0.2, 0.25) is 0 Å². The molecule has 0 aliphatic carbocycles. The summed E-state index contributed by atoms with van der Waals surface area (Å²) in [5.74, 6) is 0.464. The number of nitrogens with zero attached hydrogens (tertiary/aromatic N) is 1. The highest BCUT2D eigenvalue weighted by atomic mass is 79.9. The van der Waals surface area contributed by atoms with Crippen LogP contribution in [0.4, 0.5) is 10.5 Å². The molecule has 5 heteroatoms. The Morgan fingerprint density at radius 2 is 2.22 bits per heavy atom. The third-order valence-corrected chi connectivity index (χ3v) is 3.53. The first-order valence-electron chi connectivity index (χ1n) is 6.00. The topological polar surface area (TPSA) is 41.6 Å². The molecule has 1 saturated heterocycles. The van der Waals surface area contributed by atoms with Crippen LogP contribution in [0.3, 0.4) is 0 Å². The molecule has 0 bridgehead atoms. The molecule has 1 aliphatic heterocycles. The number of benzene rings is 1. The maximum atomic E-state index is 11.9. The van der Waals surface area contributed by atoms with Gasteiger partial charge in [-0.1, -0.05) is 15.9 Å². The number of hydrogen-bond acceptors (Lipinski definition) is 2. The van der Waals surface area contributed by atoms with Gasteiger partial charge >= 0.3 is 6.03 Å². The molecule has 4 nitrogen and oxygen atoms in total. The maximum absolute atomic E-state index is 11.9. The van der Waals surface area contributed by atoms with Crippen molar-refractivity contribution >= 4 is 27.6 Å². The Morgan fingerprint density at radius 1 is 1.50 bits per heavy atom. The van der Waals surface area contributed by atoms with Crippen LogP contribution in [0.25, 0.3) is 0 Å². The Kier molecular flexibility index (Phi) is 4.60. The highest BCUT2D eigenvalue weighted by Gasteiger charge is 2.19. The fraction of sp³-hybridized carbons (Fsp3) is 0.462. The number of carbonyl (C=O) groups excluding carboxylic acids is 1. The Labute approximate surface area is 115 Å². The quantitative estimate of drug-likeness (QED) is 0.932. The van der Waals surface area contributed by atoms with Crippen LogP contribution in [0.1, 0.15) is 6.42 Å². The molecule has 1 fully saturated rings. The molecule has 1 atom stereocenters. The zero-order chi connectivity index (χ0) is 13.0. The average molecular weight is 313 g/mol. The van der Waals surface area contributed by atoms with Gasteiger partial charge in [0, 0.05) is 36.3 Å². The Morgan fingerprint density at radius 3 is 2.83 bits per heavy atom. The lowest BCUT2D eigenvalue weighted by atomic mass is 10.1.